The number of thiol groups is 2. The number of aliphatic hydroxyl groups excluding tert-OH is 3. The Kier molecular flexibility index (Phi) is 35.5. The fourth-order valence-corrected chi connectivity index (χ4v) is 6.62. The van der Waals surface area contributed by atoms with Gasteiger partial charge in [-0.2, -0.15) is 48.8 Å². The Morgan fingerprint density at radius 1 is 0.408 bits per heavy atom. The van der Waals surface area contributed by atoms with Gasteiger partial charge in [0.25, 0.3) is 0 Å². The summed E-state index contributed by atoms with van der Waals surface area (Å²) in [6.07, 6.45) is 8.16. The van der Waals surface area contributed by atoms with Gasteiger partial charge in [0.15, 0.2) is 0 Å². The van der Waals surface area contributed by atoms with Gasteiger partial charge in [-0.05, 0) is 92.3 Å². The van der Waals surface area contributed by atoms with Crippen molar-refractivity contribution in [2.45, 2.75) is 78.6 Å². The second-order valence-electron chi connectivity index (χ2n) is 13.1. The molecule has 0 bridgehead atoms. The molecule has 0 spiro atoms. The Labute approximate surface area is 319 Å². The smallest absolute Gasteiger partial charge is 0.0566 e. The van der Waals surface area contributed by atoms with Crippen molar-refractivity contribution < 1.29 is 43.7 Å². The minimum atomic E-state index is -0.352. The molecule has 0 rings (SSSR count). The molecule has 0 aromatic carbocycles. The molecule has 13 heteroatoms. The molecule has 0 aromatic rings. The summed E-state index contributed by atoms with van der Waals surface area (Å²) in [4.78, 5) is 0. The molecule has 0 amide bonds. The lowest BCUT2D eigenvalue weighted by Gasteiger charge is -2.30. The Morgan fingerprint density at radius 2 is 0.633 bits per heavy atom. The van der Waals surface area contributed by atoms with Crippen molar-refractivity contribution in [2.24, 2.45) is 16.2 Å². The van der Waals surface area contributed by atoms with Gasteiger partial charge in [0.1, 0.15) is 0 Å². The molecule has 49 heavy (non-hydrogen) atoms. The third-order valence-corrected chi connectivity index (χ3v) is 11.9. The summed E-state index contributed by atoms with van der Waals surface area (Å²) in [5.74, 6) is 5.73. The third-order valence-electron chi connectivity index (χ3n) is 8.91. The standard InChI is InChI=1S/C36H74O9S4/c1-4-34(25-37,28-40-13-7-19-46)30-42-15-9-21-48-23-11-17-44-32-36(6-3,27-39)33-45-18-12-24-49-22-10-16-43-31-35(5-2,26-38)29-41-14-8-20-47/h37-39,46-47H,4-33H2,1-3H3. The van der Waals surface area contributed by atoms with Crippen LogP contribution in [0.2, 0.25) is 0 Å². The first kappa shape index (κ1) is 50.0. The van der Waals surface area contributed by atoms with E-state index in [4.69, 9.17) is 28.4 Å². The summed E-state index contributed by atoms with van der Waals surface area (Å²) in [6.45, 7) is 13.6. The van der Waals surface area contributed by atoms with Gasteiger partial charge in [-0.3, -0.25) is 0 Å². The highest BCUT2D eigenvalue weighted by Crippen LogP contribution is 2.25. The molecule has 0 aliphatic carbocycles. The fourth-order valence-electron chi connectivity index (χ4n) is 4.67. The molecule has 0 saturated carbocycles. The van der Waals surface area contributed by atoms with E-state index >= 15 is 0 Å². The van der Waals surface area contributed by atoms with Crippen LogP contribution < -0.4 is 0 Å². The van der Waals surface area contributed by atoms with Crippen LogP contribution in [0.1, 0.15) is 78.6 Å². The van der Waals surface area contributed by atoms with Crippen LogP contribution in [-0.4, -0.2) is 149 Å². The van der Waals surface area contributed by atoms with E-state index in [0.717, 1.165) is 92.3 Å². The van der Waals surface area contributed by atoms with E-state index in [0.29, 0.717) is 79.3 Å². The number of ether oxygens (including phenoxy) is 6. The van der Waals surface area contributed by atoms with Crippen LogP contribution >= 0.6 is 48.8 Å². The monoisotopic (exact) mass is 778 g/mol. The lowest BCUT2D eigenvalue weighted by atomic mass is 9.88. The first-order valence-electron chi connectivity index (χ1n) is 18.6. The van der Waals surface area contributed by atoms with E-state index in [1.54, 1.807) is 0 Å². The zero-order valence-electron chi connectivity index (χ0n) is 31.2. The summed E-state index contributed by atoms with van der Waals surface area (Å²) in [5, 5.41) is 29.9. The molecule has 9 nitrogen and oxygen atoms in total. The Balaban J connectivity index is 3.90. The Hall–Kier alpha value is 1.04. The van der Waals surface area contributed by atoms with Crippen molar-refractivity contribution in [3.8, 4) is 0 Å². The minimum Gasteiger partial charge on any atom is -0.396 e. The summed E-state index contributed by atoms with van der Waals surface area (Å²) >= 11 is 12.2. The van der Waals surface area contributed by atoms with E-state index in [1.165, 1.54) is 0 Å². The number of aliphatic hydroxyl groups is 3. The van der Waals surface area contributed by atoms with Crippen molar-refractivity contribution in [3.05, 3.63) is 0 Å². The molecule has 2 unspecified atom stereocenters. The number of hydrogen-bond donors (Lipinski definition) is 5. The lowest BCUT2D eigenvalue weighted by molar-refractivity contribution is -0.0526. The lowest BCUT2D eigenvalue weighted by Crippen LogP contribution is -2.36. The van der Waals surface area contributed by atoms with E-state index in [1.807, 2.05) is 23.5 Å². The molecule has 0 aliphatic heterocycles. The second-order valence-corrected chi connectivity index (χ2v) is 16.5. The molecule has 2 atom stereocenters. The molecule has 0 aromatic heterocycles. The average Bonchev–Trinajstić information content (AvgIpc) is 3.14. The van der Waals surface area contributed by atoms with Gasteiger partial charge in [-0.15, -0.1) is 0 Å². The number of thioether (sulfide) groups is 2. The average molecular weight is 779 g/mol. The van der Waals surface area contributed by atoms with E-state index in [2.05, 4.69) is 46.0 Å². The van der Waals surface area contributed by atoms with Crippen molar-refractivity contribution >= 4 is 48.8 Å². The molecule has 3 N–H and O–H groups in total. The van der Waals surface area contributed by atoms with Crippen molar-refractivity contribution in [1.82, 2.24) is 0 Å². The van der Waals surface area contributed by atoms with E-state index < -0.39 is 0 Å². The molecular formula is C36H74O9S4. The van der Waals surface area contributed by atoms with E-state index in [-0.39, 0.29) is 36.1 Å². The highest BCUT2D eigenvalue weighted by molar-refractivity contribution is 7.99. The molecule has 0 saturated heterocycles. The molecule has 0 fully saturated rings. The normalized spacial score (nSPS) is 15.7. The quantitative estimate of drug-likeness (QED) is 0.0378. The molecule has 0 heterocycles. The highest BCUT2D eigenvalue weighted by atomic mass is 32.2. The highest BCUT2D eigenvalue weighted by Gasteiger charge is 2.30. The van der Waals surface area contributed by atoms with Crippen LogP contribution in [0.25, 0.3) is 0 Å². The minimum absolute atomic E-state index is 0.0573. The summed E-state index contributed by atoms with van der Waals surface area (Å²) in [6, 6.07) is 0. The van der Waals surface area contributed by atoms with Crippen molar-refractivity contribution in [1.29, 1.82) is 0 Å². The SMILES string of the molecule is CCC(CO)(COCCCS)COCCCSCCCOCC(CC)(CO)COCCCSCCCOCC(CC)(CO)COCCCS. The maximum absolute atomic E-state index is 10.1. The van der Waals surface area contributed by atoms with Gasteiger partial charge in [0.2, 0.25) is 0 Å². The molecule has 296 valence electrons. The van der Waals surface area contributed by atoms with Crippen LogP contribution in [0.3, 0.4) is 0 Å². The predicted octanol–water partition coefficient (Wildman–Crippen LogP) is 5.92. The van der Waals surface area contributed by atoms with Crippen LogP contribution in [0.4, 0.5) is 0 Å². The van der Waals surface area contributed by atoms with Crippen LogP contribution in [0, 0.1) is 16.2 Å². The first-order valence-corrected chi connectivity index (χ1v) is 22.1. The van der Waals surface area contributed by atoms with E-state index in [9.17, 15) is 15.3 Å². The number of hydrogen-bond acceptors (Lipinski definition) is 13. The van der Waals surface area contributed by atoms with Crippen LogP contribution in [-0.2, 0) is 28.4 Å². The summed E-state index contributed by atoms with van der Waals surface area (Å²) in [7, 11) is 0. The Morgan fingerprint density at radius 3 is 0.816 bits per heavy atom. The van der Waals surface area contributed by atoms with Crippen molar-refractivity contribution in [2.75, 3.05) is 134 Å². The van der Waals surface area contributed by atoms with Gasteiger partial charge >= 0.3 is 0 Å². The summed E-state index contributed by atoms with van der Waals surface area (Å²) < 4.78 is 35.2. The maximum Gasteiger partial charge on any atom is 0.0566 e. The van der Waals surface area contributed by atoms with Gasteiger partial charge in [-0.25, -0.2) is 0 Å². The fraction of sp³-hybridized carbons (Fsp3) is 1.00. The van der Waals surface area contributed by atoms with Crippen molar-refractivity contribution in [3.63, 3.8) is 0 Å². The van der Waals surface area contributed by atoms with Crippen LogP contribution in [0.5, 0.6) is 0 Å². The first-order chi connectivity index (χ1) is 23.9. The third kappa shape index (κ3) is 25.7. The van der Waals surface area contributed by atoms with Crippen LogP contribution in [0.15, 0.2) is 0 Å². The second kappa shape index (κ2) is 34.8. The zero-order chi connectivity index (χ0) is 36.4. The zero-order valence-corrected chi connectivity index (χ0v) is 34.6. The largest absolute Gasteiger partial charge is 0.396 e. The maximum atomic E-state index is 10.1. The molecule has 0 aliphatic rings. The summed E-state index contributed by atoms with van der Waals surface area (Å²) in [5.41, 5.74) is -0.996. The molecular weight excluding hydrogens is 705 g/mol. The molecule has 0 radical (unpaired) electrons. The van der Waals surface area contributed by atoms with Gasteiger partial charge in [-0.1, -0.05) is 20.8 Å². The Bertz CT molecular complexity index is 633. The van der Waals surface area contributed by atoms with Gasteiger partial charge in [0.05, 0.1) is 59.5 Å². The topological polar surface area (TPSA) is 116 Å². The number of rotatable bonds is 40. The predicted molar refractivity (Wildman–Crippen MR) is 214 cm³/mol. The van der Waals surface area contributed by atoms with Gasteiger partial charge in [0, 0.05) is 55.9 Å². The van der Waals surface area contributed by atoms with Gasteiger partial charge < -0.3 is 43.7 Å².